The van der Waals surface area contributed by atoms with E-state index in [1.807, 2.05) is 0 Å². The van der Waals surface area contributed by atoms with Crippen molar-refractivity contribution in [3.05, 3.63) is 35.0 Å². The normalized spacial score (nSPS) is 9.14. The van der Waals surface area contributed by atoms with E-state index < -0.39 is 4.92 Å². The lowest BCUT2D eigenvalue weighted by Crippen LogP contribution is -1.79. The lowest BCUT2D eigenvalue weighted by atomic mass is 10.6. The van der Waals surface area contributed by atoms with Crippen LogP contribution in [0.5, 0.6) is 0 Å². The molecule has 0 heterocycles. The molecular formula is C4H4NO2. The van der Waals surface area contributed by atoms with Gasteiger partial charge in [0.1, 0.15) is 0 Å². The molecule has 7 heavy (non-hydrogen) atoms. The second-order valence-electron chi connectivity index (χ2n) is 0.819. The minimum Gasteiger partial charge on any atom is -0.259 e. The summed E-state index contributed by atoms with van der Waals surface area (Å²) in [6.45, 7) is 4.76. The van der Waals surface area contributed by atoms with Crippen molar-refractivity contribution < 1.29 is 4.92 Å². The van der Waals surface area contributed by atoms with Crippen molar-refractivity contribution in [2.24, 2.45) is 0 Å². The monoisotopic (exact) mass is 98.0 g/mol. The van der Waals surface area contributed by atoms with Gasteiger partial charge in [0.2, 0.25) is 6.20 Å². The Morgan fingerprint density at radius 1 is 1.71 bits per heavy atom. The number of nitro groups is 1. The molecule has 0 spiro atoms. The molecule has 0 N–H and O–H groups in total. The molecule has 0 aromatic rings. The van der Waals surface area contributed by atoms with Gasteiger partial charge < -0.3 is 0 Å². The molecule has 0 aliphatic heterocycles. The Kier molecular flexibility index (Phi) is 2.59. The van der Waals surface area contributed by atoms with E-state index in [2.05, 4.69) is 0 Å². The Bertz CT molecular complexity index is 106. The Balaban J connectivity index is 3.46. The lowest BCUT2D eigenvalue weighted by Gasteiger charge is -1.70. The van der Waals surface area contributed by atoms with Crippen LogP contribution in [0.3, 0.4) is 0 Å². The molecular weight excluding hydrogens is 94.0 g/mol. The Labute approximate surface area is 41.1 Å². The molecule has 0 rings (SSSR count). The maximum Gasteiger partial charge on any atom is 0.234 e. The molecule has 0 atom stereocenters. The van der Waals surface area contributed by atoms with Crippen LogP contribution in [-0.2, 0) is 0 Å². The van der Waals surface area contributed by atoms with Gasteiger partial charge in [-0.2, -0.15) is 0 Å². The summed E-state index contributed by atoms with van der Waals surface area (Å²) in [4.78, 5) is 8.82. The highest BCUT2D eigenvalue weighted by molar-refractivity contribution is 4.90. The van der Waals surface area contributed by atoms with Crippen molar-refractivity contribution in [2.75, 3.05) is 0 Å². The van der Waals surface area contributed by atoms with E-state index in [1.165, 1.54) is 0 Å². The summed E-state index contributed by atoms with van der Waals surface area (Å²) < 4.78 is 0. The summed E-state index contributed by atoms with van der Waals surface area (Å²) in [5, 5.41) is 9.40. The van der Waals surface area contributed by atoms with Crippen LogP contribution in [0.1, 0.15) is 0 Å². The first kappa shape index (κ1) is 5.88. The van der Waals surface area contributed by atoms with Gasteiger partial charge in [-0.25, -0.2) is 0 Å². The number of rotatable bonds is 2. The Morgan fingerprint density at radius 2 is 2.29 bits per heavy atom. The zero-order chi connectivity index (χ0) is 5.70. The Morgan fingerprint density at radius 3 is 2.43 bits per heavy atom. The van der Waals surface area contributed by atoms with Gasteiger partial charge in [-0.3, -0.25) is 10.1 Å². The number of allylic oxidation sites excluding steroid dienone is 2. The second-order valence-corrected chi connectivity index (χ2v) is 0.819. The first-order valence-electron chi connectivity index (χ1n) is 1.62. The van der Waals surface area contributed by atoms with Crippen LogP contribution in [0, 0.1) is 16.7 Å². The van der Waals surface area contributed by atoms with Gasteiger partial charge in [-0.1, -0.05) is 12.7 Å². The first-order valence-corrected chi connectivity index (χ1v) is 1.62. The summed E-state index contributed by atoms with van der Waals surface area (Å²) in [6, 6.07) is 0. The molecule has 0 aromatic carbocycles. The van der Waals surface area contributed by atoms with Crippen LogP contribution in [-0.4, -0.2) is 4.92 Å². The molecule has 0 aliphatic rings. The fourth-order valence-corrected chi connectivity index (χ4v) is 0.120. The van der Waals surface area contributed by atoms with Gasteiger partial charge in [0.15, 0.2) is 0 Å². The quantitative estimate of drug-likeness (QED) is 0.291. The summed E-state index contributed by atoms with van der Waals surface area (Å²) in [6.07, 6.45) is 3.02. The SMILES string of the molecule is [CH]=C/C=C\[N+](=O)[O-]. The van der Waals surface area contributed by atoms with E-state index in [-0.39, 0.29) is 0 Å². The third-order valence-corrected chi connectivity index (χ3v) is 0.319. The molecule has 0 saturated carbocycles. The van der Waals surface area contributed by atoms with E-state index in [0.29, 0.717) is 0 Å². The molecule has 0 aromatic heterocycles. The van der Waals surface area contributed by atoms with Gasteiger partial charge in [-0.05, 0) is 0 Å². The van der Waals surface area contributed by atoms with Crippen LogP contribution in [0.4, 0.5) is 0 Å². The minimum atomic E-state index is -0.580. The molecule has 0 bridgehead atoms. The van der Waals surface area contributed by atoms with Crippen molar-refractivity contribution in [1.29, 1.82) is 0 Å². The largest absolute Gasteiger partial charge is 0.259 e. The zero-order valence-corrected chi connectivity index (χ0v) is 3.57. The third-order valence-electron chi connectivity index (χ3n) is 0.319. The van der Waals surface area contributed by atoms with Gasteiger partial charge in [0.05, 0.1) is 4.92 Å². The number of hydrogen-bond acceptors (Lipinski definition) is 2. The highest BCUT2D eigenvalue weighted by atomic mass is 16.6. The molecule has 0 fully saturated rings. The van der Waals surface area contributed by atoms with Crippen molar-refractivity contribution in [3.8, 4) is 0 Å². The standard InChI is InChI=1S/C4H4NO2/c1-2-3-4-5(6)7/h1-4H/b2-1?,4-3-. The maximum absolute atomic E-state index is 9.40. The van der Waals surface area contributed by atoms with Crippen LogP contribution in [0.15, 0.2) is 18.4 Å². The molecule has 0 saturated heterocycles. The van der Waals surface area contributed by atoms with Gasteiger partial charge >= 0.3 is 0 Å². The first-order chi connectivity index (χ1) is 3.27. The lowest BCUT2D eigenvalue weighted by molar-refractivity contribution is -0.402. The second kappa shape index (κ2) is 3.08. The van der Waals surface area contributed by atoms with Crippen molar-refractivity contribution in [1.82, 2.24) is 0 Å². The fourth-order valence-electron chi connectivity index (χ4n) is 0.120. The summed E-state index contributed by atoms with van der Waals surface area (Å²) in [7, 11) is 0. The minimum absolute atomic E-state index is 0.580. The van der Waals surface area contributed by atoms with Gasteiger partial charge in [0.25, 0.3) is 0 Å². The molecule has 3 nitrogen and oxygen atoms in total. The Hall–Kier alpha value is -1.12. The topological polar surface area (TPSA) is 43.1 Å². The van der Waals surface area contributed by atoms with E-state index in [9.17, 15) is 10.1 Å². The number of nitrogens with zero attached hydrogens (tertiary/aromatic N) is 1. The summed E-state index contributed by atoms with van der Waals surface area (Å²) in [5.41, 5.74) is 0. The molecule has 1 radical (unpaired) electrons. The average Bonchev–Trinajstić information content (AvgIpc) is 1.61. The highest BCUT2D eigenvalue weighted by Crippen LogP contribution is 1.71. The van der Waals surface area contributed by atoms with Crippen LogP contribution >= 0.6 is 0 Å². The van der Waals surface area contributed by atoms with E-state index in [1.54, 1.807) is 0 Å². The predicted octanol–water partition coefficient (Wildman–Crippen LogP) is 0.766. The van der Waals surface area contributed by atoms with Gasteiger partial charge in [-0.15, -0.1) is 0 Å². The van der Waals surface area contributed by atoms with Crippen molar-refractivity contribution in [2.45, 2.75) is 0 Å². The third kappa shape index (κ3) is 4.88. The average molecular weight is 98.1 g/mol. The molecule has 37 valence electrons. The van der Waals surface area contributed by atoms with Crippen LogP contribution in [0.2, 0.25) is 0 Å². The van der Waals surface area contributed by atoms with Crippen LogP contribution in [0.25, 0.3) is 0 Å². The smallest absolute Gasteiger partial charge is 0.234 e. The number of hydrogen-bond donors (Lipinski definition) is 0. The predicted molar refractivity (Wildman–Crippen MR) is 25.0 cm³/mol. The zero-order valence-electron chi connectivity index (χ0n) is 3.57. The van der Waals surface area contributed by atoms with Crippen molar-refractivity contribution >= 4 is 0 Å². The molecule has 3 heteroatoms. The van der Waals surface area contributed by atoms with Crippen molar-refractivity contribution in [3.63, 3.8) is 0 Å². The van der Waals surface area contributed by atoms with E-state index in [0.717, 1.165) is 18.4 Å². The van der Waals surface area contributed by atoms with E-state index >= 15 is 0 Å². The fraction of sp³-hybridized carbons (Fsp3) is 0. The summed E-state index contributed by atoms with van der Waals surface area (Å²) in [5.74, 6) is 0. The van der Waals surface area contributed by atoms with Crippen LogP contribution < -0.4 is 0 Å². The summed E-state index contributed by atoms with van der Waals surface area (Å²) >= 11 is 0. The van der Waals surface area contributed by atoms with Gasteiger partial charge in [0, 0.05) is 6.08 Å². The maximum atomic E-state index is 9.40. The highest BCUT2D eigenvalue weighted by Gasteiger charge is 1.75. The molecule has 0 aliphatic carbocycles. The molecule has 0 amide bonds. The molecule has 0 unspecified atom stereocenters. The van der Waals surface area contributed by atoms with E-state index in [4.69, 9.17) is 6.58 Å².